The zero-order valence-corrected chi connectivity index (χ0v) is 12.8. The van der Waals surface area contributed by atoms with E-state index in [-0.39, 0.29) is 17.0 Å². The topological polar surface area (TPSA) is 93.2 Å². The fraction of sp³-hybridized carbons (Fsp3) is 0.214. The molecular weight excluding hydrogens is 312 g/mol. The van der Waals surface area contributed by atoms with Crippen molar-refractivity contribution in [1.82, 2.24) is 0 Å². The lowest BCUT2D eigenvalue weighted by atomic mass is 10.1. The first-order valence-corrected chi connectivity index (χ1v) is 7.24. The van der Waals surface area contributed by atoms with Gasteiger partial charge in [0.15, 0.2) is 6.61 Å². The highest BCUT2D eigenvalue weighted by molar-refractivity contribution is 8.00. The van der Waals surface area contributed by atoms with Gasteiger partial charge in [0.2, 0.25) is 5.78 Å². The summed E-state index contributed by atoms with van der Waals surface area (Å²) in [6, 6.07) is 8.67. The minimum Gasteiger partial charge on any atom is -0.457 e. The molecule has 7 heteroatoms. The molecule has 0 spiro atoms. The van der Waals surface area contributed by atoms with Gasteiger partial charge in [0, 0.05) is 15.6 Å². The lowest BCUT2D eigenvalue weighted by Gasteiger charge is -2.04. The molecule has 0 unspecified atom stereocenters. The van der Waals surface area contributed by atoms with Crippen molar-refractivity contribution in [2.45, 2.75) is 11.8 Å². The van der Waals surface area contributed by atoms with Crippen molar-refractivity contribution in [3.05, 3.63) is 40.6 Å². The van der Waals surface area contributed by atoms with E-state index in [2.05, 4.69) is 0 Å². The molecule has 1 rings (SSSR count). The van der Waals surface area contributed by atoms with E-state index in [1.807, 2.05) is 0 Å². The first-order valence-electron chi connectivity index (χ1n) is 5.87. The fourth-order valence-electron chi connectivity index (χ4n) is 1.30. The van der Waals surface area contributed by atoms with Crippen LogP contribution < -0.4 is 5.73 Å². The molecule has 0 radical (unpaired) electrons. The maximum Gasteiger partial charge on any atom is 0.316 e. The maximum atomic E-state index is 11.6. The van der Waals surface area contributed by atoms with E-state index in [0.717, 1.165) is 4.90 Å². The SMILES string of the molecule is C/C(N)=C(\C#N)C(=O)COC(=O)CSc1ccc(Cl)cc1. The number of allylic oxidation sites excluding steroid dienone is 1. The van der Waals surface area contributed by atoms with Crippen LogP contribution in [0.25, 0.3) is 0 Å². The Morgan fingerprint density at radius 3 is 2.52 bits per heavy atom. The number of ketones is 1. The van der Waals surface area contributed by atoms with E-state index in [1.54, 1.807) is 30.3 Å². The predicted octanol–water partition coefficient (Wildman–Crippen LogP) is 2.30. The Morgan fingerprint density at radius 2 is 2.00 bits per heavy atom. The first-order chi connectivity index (χ1) is 9.93. The molecule has 0 saturated heterocycles. The highest BCUT2D eigenvalue weighted by Crippen LogP contribution is 2.20. The third-order valence-electron chi connectivity index (χ3n) is 2.32. The molecule has 0 atom stereocenters. The number of Topliss-reactive ketones (excluding diaryl/α,β-unsaturated/α-hetero) is 1. The summed E-state index contributed by atoms with van der Waals surface area (Å²) in [4.78, 5) is 23.9. The summed E-state index contributed by atoms with van der Waals surface area (Å²) in [6.45, 7) is 0.951. The summed E-state index contributed by atoms with van der Waals surface area (Å²) in [5.41, 5.74) is 5.30. The zero-order chi connectivity index (χ0) is 15.8. The van der Waals surface area contributed by atoms with Crippen molar-refractivity contribution < 1.29 is 14.3 Å². The fourth-order valence-corrected chi connectivity index (χ4v) is 2.13. The van der Waals surface area contributed by atoms with Gasteiger partial charge < -0.3 is 10.5 Å². The molecule has 0 aliphatic heterocycles. The Labute approximate surface area is 131 Å². The second-order valence-electron chi connectivity index (χ2n) is 4.00. The molecule has 0 amide bonds. The average molecular weight is 325 g/mol. The molecule has 21 heavy (non-hydrogen) atoms. The van der Waals surface area contributed by atoms with Crippen molar-refractivity contribution >= 4 is 35.1 Å². The molecule has 5 nitrogen and oxygen atoms in total. The Kier molecular flexibility index (Phi) is 6.79. The number of ether oxygens (including phenoxy) is 1. The monoisotopic (exact) mass is 324 g/mol. The first kappa shape index (κ1) is 17.1. The molecule has 0 aliphatic rings. The van der Waals surface area contributed by atoms with Crippen LogP contribution in [0.2, 0.25) is 5.02 Å². The van der Waals surface area contributed by atoms with Crippen LogP contribution in [0.3, 0.4) is 0 Å². The molecule has 0 fully saturated rings. The number of esters is 1. The van der Waals surface area contributed by atoms with Crippen molar-refractivity contribution in [3.63, 3.8) is 0 Å². The summed E-state index contributed by atoms with van der Waals surface area (Å²) in [5, 5.41) is 9.35. The summed E-state index contributed by atoms with van der Waals surface area (Å²) in [6.07, 6.45) is 0. The summed E-state index contributed by atoms with van der Waals surface area (Å²) >= 11 is 7.01. The van der Waals surface area contributed by atoms with Crippen LogP contribution in [-0.2, 0) is 14.3 Å². The number of hydrogen-bond donors (Lipinski definition) is 1. The molecule has 1 aromatic carbocycles. The average Bonchev–Trinajstić information content (AvgIpc) is 2.45. The van der Waals surface area contributed by atoms with Crippen molar-refractivity contribution in [1.29, 1.82) is 5.26 Å². The standard InChI is InChI=1S/C14H13ClN2O3S/c1-9(17)12(6-16)13(18)7-20-14(19)8-21-11-4-2-10(15)3-5-11/h2-5H,7-8,17H2,1H3/b12-9-. The van der Waals surface area contributed by atoms with Crippen LogP contribution in [-0.4, -0.2) is 24.1 Å². The van der Waals surface area contributed by atoms with Crippen molar-refractivity contribution in [2.75, 3.05) is 12.4 Å². The van der Waals surface area contributed by atoms with Crippen LogP contribution in [0, 0.1) is 11.3 Å². The van der Waals surface area contributed by atoms with Crippen LogP contribution in [0.4, 0.5) is 0 Å². The summed E-state index contributed by atoms with van der Waals surface area (Å²) < 4.78 is 4.81. The lowest BCUT2D eigenvalue weighted by Crippen LogP contribution is -2.18. The number of nitrogens with two attached hydrogens (primary N) is 1. The second-order valence-corrected chi connectivity index (χ2v) is 5.48. The number of carbonyl (C=O) groups is 2. The quantitative estimate of drug-likeness (QED) is 0.373. The van der Waals surface area contributed by atoms with Gasteiger partial charge in [-0.3, -0.25) is 9.59 Å². The Hall–Kier alpha value is -1.97. The van der Waals surface area contributed by atoms with E-state index in [1.165, 1.54) is 18.7 Å². The summed E-state index contributed by atoms with van der Waals surface area (Å²) in [7, 11) is 0. The van der Waals surface area contributed by atoms with Gasteiger partial charge in [0.25, 0.3) is 0 Å². The van der Waals surface area contributed by atoms with Gasteiger partial charge in [0.1, 0.15) is 11.6 Å². The van der Waals surface area contributed by atoms with Gasteiger partial charge in [-0.2, -0.15) is 5.26 Å². The molecule has 0 aromatic heterocycles. The number of hydrogen-bond acceptors (Lipinski definition) is 6. The largest absolute Gasteiger partial charge is 0.457 e. The number of thioether (sulfide) groups is 1. The number of nitrogens with zero attached hydrogens (tertiary/aromatic N) is 1. The molecule has 0 aliphatic carbocycles. The van der Waals surface area contributed by atoms with Crippen LogP contribution >= 0.6 is 23.4 Å². The molecule has 0 bridgehead atoms. The smallest absolute Gasteiger partial charge is 0.316 e. The van der Waals surface area contributed by atoms with Gasteiger partial charge >= 0.3 is 5.97 Å². The van der Waals surface area contributed by atoms with Crippen LogP contribution in [0.5, 0.6) is 0 Å². The maximum absolute atomic E-state index is 11.6. The Morgan fingerprint density at radius 1 is 1.38 bits per heavy atom. The minimum absolute atomic E-state index is 0.0577. The number of rotatable bonds is 6. The van der Waals surface area contributed by atoms with Crippen LogP contribution in [0.15, 0.2) is 40.4 Å². The molecule has 1 aromatic rings. The van der Waals surface area contributed by atoms with Gasteiger partial charge in [-0.1, -0.05) is 11.6 Å². The number of benzene rings is 1. The zero-order valence-electron chi connectivity index (χ0n) is 11.3. The molecular formula is C14H13ClN2O3S. The van der Waals surface area contributed by atoms with Gasteiger partial charge in [-0.15, -0.1) is 11.8 Å². The van der Waals surface area contributed by atoms with E-state index in [9.17, 15) is 9.59 Å². The van der Waals surface area contributed by atoms with Crippen molar-refractivity contribution in [2.24, 2.45) is 5.73 Å². The van der Waals surface area contributed by atoms with E-state index in [0.29, 0.717) is 5.02 Å². The Balaban J connectivity index is 2.42. The second kappa shape index (κ2) is 8.35. The molecule has 0 saturated carbocycles. The normalized spacial score (nSPS) is 11.3. The number of carbonyl (C=O) groups excluding carboxylic acids is 2. The highest BCUT2D eigenvalue weighted by atomic mass is 35.5. The van der Waals surface area contributed by atoms with Crippen molar-refractivity contribution in [3.8, 4) is 6.07 Å². The number of nitriles is 1. The van der Waals surface area contributed by atoms with E-state index in [4.69, 9.17) is 27.3 Å². The van der Waals surface area contributed by atoms with Crippen LogP contribution in [0.1, 0.15) is 6.92 Å². The van der Waals surface area contributed by atoms with E-state index >= 15 is 0 Å². The molecule has 0 heterocycles. The minimum atomic E-state index is -0.609. The molecule has 110 valence electrons. The van der Waals surface area contributed by atoms with Gasteiger partial charge in [0.05, 0.1) is 5.75 Å². The predicted molar refractivity (Wildman–Crippen MR) is 80.6 cm³/mol. The third-order valence-corrected chi connectivity index (χ3v) is 3.56. The summed E-state index contributed by atoms with van der Waals surface area (Å²) in [5.74, 6) is -1.10. The van der Waals surface area contributed by atoms with E-state index < -0.39 is 18.4 Å². The number of halogens is 1. The Bertz CT molecular complexity index is 602. The lowest BCUT2D eigenvalue weighted by molar-refractivity contribution is -0.144. The van der Waals surface area contributed by atoms with Gasteiger partial charge in [-0.05, 0) is 31.2 Å². The third kappa shape index (κ3) is 5.90. The highest BCUT2D eigenvalue weighted by Gasteiger charge is 2.14. The molecule has 2 N–H and O–H groups in total. The van der Waals surface area contributed by atoms with Gasteiger partial charge in [-0.25, -0.2) is 0 Å².